The van der Waals surface area contributed by atoms with Gasteiger partial charge in [-0.05, 0) is 25.7 Å². The molecule has 0 aromatic rings. The molecule has 1 atom stereocenters. The quantitative estimate of drug-likeness (QED) is 0.632. The van der Waals surface area contributed by atoms with Crippen molar-refractivity contribution in [3.63, 3.8) is 0 Å². The van der Waals surface area contributed by atoms with Gasteiger partial charge in [-0.1, -0.05) is 6.92 Å². The van der Waals surface area contributed by atoms with Gasteiger partial charge >= 0.3 is 11.9 Å². The Morgan fingerprint density at radius 2 is 1.69 bits per heavy atom. The summed E-state index contributed by atoms with van der Waals surface area (Å²) in [6, 6.07) is 0. The van der Waals surface area contributed by atoms with E-state index in [1.807, 2.05) is 13.8 Å². The van der Waals surface area contributed by atoms with Crippen LogP contribution >= 0.6 is 0 Å². The minimum atomic E-state index is -0.963. The van der Waals surface area contributed by atoms with Gasteiger partial charge in [0.1, 0.15) is 0 Å². The first-order chi connectivity index (χ1) is 7.45. The second-order valence-corrected chi connectivity index (χ2v) is 3.94. The van der Waals surface area contributed by atoms with E-state index < -0.39 is 11.9 Å². The van der Waals surface area contributed by atoms with Gasteiger partial charge in [0.25, 0.3) is 0 Å². The Hall–Kier alpha value is -1.10. The fourth-order valence-corrected chi connectivity index (χ4v) is 1.32. The molecule has 0 fully saturated rings. The predicted molar refractivity (Wildman–Crippen MR) is 58.3 cm³/mol. The predicted octanol–water partition coefficient (Wildman–Crippen LogP) is 1.76. The molecule has 16 heavy (non-hydrogen) atoms. The molecule has 0 heterocycles. The van der Waals surface area contributed by atoms with Crippen LogP contribution in [0.3, 0.4) is 0 Å². The molecule has 0 amide bonds. The van der Waals surface area contributed by atoms with Gasteiger partial charge in [-0.25, -0.2) is 0 Å². The first-order valence-electron chi connectivity index (χ1n) is 5.50. The SMILES string of the molecule is CCC(C)OCCC(CC(=O)O)CC(=O)O. The fourth-order valence-electron chi connectivity index (χ4n) is 1.32. The molecule has 0 aromatic heterocycles. The normalized spacial score (nSPS) is 12.7. The maximum Gasteiger partial charge on any atom is 0.303 e. The minimum Gasteiger partial charge on any atom is -0.481 e. The summed E-state index contributed by atoms with van der Waals surface area (Å²) in [5.74, 6) is -2.27. The zero-order chi connectivity index (χ0) is 12.6. The number of hydrogen-bond acceptors (Lipinski definition) is 3. The Kier molecular flexibility index (Phi) is 7.54. The Balaban J connectivity index is 3.91. The third-order valence-electron chi connectivity index (χ3n) is 2.43. The molecule has 0 aliphatic rings. The van der Waals surface area contributed by atoms with E-state index in [-0.39, 0.29) is 24.9 Å². The number of carboxylic acids is 2. The molecule has 0 spiro atoms. The van der Waals surface area contributed by atoms with Crippen molar-refractivity contribution in [2.45, 2.75) is 45.6 Å². The van der Waals surface area contributed by atoms with Gasteiger partial charge < -0.3 is 14.9 Å². The summed E-state index contributed by atoms with van der Waals surface area (Å²) in [6.45, 7) is 4.35. The largest absolute Gasteiger partial charge is 0.481 e. The summed E-state index contributed by atoms with van der Waals surface area (Å²) in [7, 11) is 0. The van der Waals surface area contributed by atoms with E-state index in [4.69, 9.17) is 14.9 Å². The lowest BCUT2D eigenvalue weighted by Gasteiger charge is -2.15. The van der Waals surface area contributed by atoms with Gasteiger partial charge in [-0.2, -0.15) is 0 Å². The van der Waals surface area contributed by atoms with E-state index in [0.717, 1.165) is 6.42 Å². The topological polar surface area (TPSA) is 83.8 Å². The van der Waals surface area contributed by atoms with Gasteiger partial charge in [0.15, 0.2) is 0 Å². The molecule has 0 saturated carbocycles. The molecular weight excluding hydrogens is 212 g/mol. The molecule has 94 valence electrons. The van der Waals surface area contributed by atoms with Crippen molar-refractivity contribution in [3.8, 4) is 0 Å². The minimum absolute atomic E-state index is 0.115. The van der Waals surface area contributed by atoms with Crippen molar-refractivity contribution in [2.24, 2.45) is 5.92 Å². The Morgan fingerprint density at radius 3 is 2.06 bits per heavy atom. The fraction of sp³-hybridized carbons (Fsp3) is 0.818. The van der Waals surface area contributed by atoms with Crippen LogP contribution in [0.5, 0.6) is 0 Å². The maximum atomic E-state index is 10.5. The van der Waals surface area contributed by atoms with E-state index in [1.165, 1.54) is 0 Å². The molecule has 2 N–H and O–H groups in total. The molecular formula is C11H20O5. The Bertz CT molecular complexity index is 210. The van der Waals surface area contributed by atoms with E-state index in [1.54, 1.807) is 0 Å². The summed E-state index contributed by atoms with van der Waals surface area (Å²) in [5.41, 5.74) is 0. The molecule has 0 aromatic carbocycles. The van der Waals surface area contributed by atoms with Crippen LogP contribution in [-0.2, 0) is 14.3 Å². The summed E-state index contributed by atoms with van der Waals surface area (Å²) < 4.78 is 5.40. The van der Waals surface area contributed by atoms with E-state index in [2.05, 4.69) is 0 Å². The first-order valence-corrected chi connectivity index (χ1v) is 5.50. The highest BCUT2D eigenvalue weighted by Gasteiger charge is 2.17. The van der Waals surface area contributed by atoms with Crippen molar-refractivity contribution in [3.05, 3.63) is 0 Å². The van der Waals surface area contributed by atoms with Gasteiger partial charge in [0.2, 0.25) is 0 Å². The van der Waals surface area contributed by atoms with Crippen molar-refractivity contribution >= 4 is 11.9 Å². The van der Waals surface area contributed by atoms with Crippen LogP contribution in [0.1, 0.15) is 39.5 Å². The Morgan fingerprint density at radius 1 is 1.19 bits per heavy atom. The van der Waals surface area contributed by atoms with Crippen LogP contribution in [0.25, 0.3) is 0 Å². The van der Waals surface area contributed by atoms with Crippen LogP contribution < -0.4 is 0 Å². The van der Waals surface area contributed by atoms with Crippen molar-refractivity contribution in [1.82, 2.24) is 0 Å². The van der Waals surface area contributed by atoms with Gasteiger partial charge in [0.05, 0.1) is 6.10 Å². The van der Waals surface area contributed by atoms with Crippen LogP contribution in [0.4, 0.5) is 0 Å². The average Bonchev–Trinajstić information content (AvgIpc) is 2.15. The lowest BCUT2D eigenvalue weighted by atomic mass is 9.98. The first kappa shape index (κ1) is 14.9. The van der Waals surface area contributed by atoms with E-state index >= 15 is 0 Å². The van der Waals surface area contributed by atoms with Crippen LogP contribution in [-0.4, -0.2) is 34.9 Å². The zero-order valence-electron chi connectivity index (χ0n) is 9.81. The van der Waals surface area contributed by atoms with Crippen molar-refractivity contribution < 1.29 is 24.5 Å². The van der Waals surface area contributed by atoms with E-state index in [0.29, 0.717) is 13.0 Å². The van der Waals surface area contributed by atoms with E-state index in [9.17, 15) is 9.59 Å². The van der Waals surface area contributed by atoms with Gasteiger partial charge in [-0.3, -0.25) is 9.59 Å². The highest BCUT2D eigenvalue weighted by molar-refractivity contribution is 5.70. The lowest BCUT2D eigenvalue weighted by Crippen LogP contribution is -2.16. The highest BCUT2D eigenvalue weighted by atomic mass is 16.5. The molecule has 0 saturated heterocycles. The Labute approximate surface area is 95.4 Å². The molecule has 0 aliphatic heterocycles. The molecule has 0 radical (unpaired) electrons. The lowest BCUT2D eigenvalue weighted by molar-refractivity contribution is -0.140. The summed E-state index contributed by atoms with van der Waals surface area (Å²) >= 11 is 0. The molecule has 0 aliphatic carbocycles. The maximum absolute atomic E-state index is 10.5. The van der Waals surface area contributed by atoms with Crippen molar-refractivity contribution in [2.75, 3.05) is 6.61 Å². The van der Waals surface area contributed by atoms with Gasteiger partial charge in [0, 0.05) is 19.4 Å². The molecule has 5 nitrogen and oxygen atoms in total. The number of rotatable bonds is 9. The standard InChI is InChI=1S/C11H20O5/c1-3-8(2)16-5-4-9(6-10(12)13)7-11(14)15/h8-9H,3-7H2,1-2H3,(H,12,13)(H,14,15). The third-order valence-corrected chi connectivity index (χ3v) is 2.43. The second-order valence-electron chi connectivity index (χ2n) is 3.94. The molecule has 5 heteroatoms. The number of ether oxygens (including phenoxy) is 1. The molecule has 1 unspecified atom stereocenters. The average molecular weight is 232 g/mol. The number of hydrogen-bond donors (Lipinski definition) is 2. The molecule has 0 bridgehead atoms. The van der Waals surface area contributed by atoms with Gasteiger partial charge in [-0.15, -0.1) is 0 Å². The number of carbonyl (C=O) groups is 2. The monoisotopic (exact) mass is 232 g/mol. The summed E-state index contributed by atoms with van der Waals surface area (Å²) in [6.07, 6.45) is 1.27. The number of aliphatic carboxylic acids is 2. The van der Waals surface area contributed by atoms with Crippen LogP contribution in [0.2, 0.25) is 0 Å². The van der Waals surface area contributed by atoms with Crippen molar-refractivity contribution in [1.29, 1.82) is 0 Å². The van der Waals surface area contributed by atoms with Crippen LogP contribution in [0, 0.1) is 5.92 Å². The highest BCUT2D eigenvalue weighted by Crippen LogP contribution is 2.14. The number of carboxylic acid groups (broad SMARTS) is 2. The summed E-state index contributed by atoms with van der Waals surface area (Å²) in [4.78, 5) is 21.0. The smallest absolute Gasteiger partial charge is 0.303 e. The second kappa shape index (κ2) is 8.10. The zero-order valence-corrected chi connectivity index (χ0v) is 9.81. The third kappa shape index (κ3) is 8.23. The summed E-state index contributed by atoms with van der Waals surface area (Å²) in [5, 5.41) is 17.2. The molecule has 0 rings (SSSR count). The van der Waals surface area contributed by atoms with Crippen LogP contribution in [0.15, 0.2) is 0 Å².